The van der Waals surface area contributed by atoms with Gasteiger partial charge < -0.3 is 9.67 Å². The summed E-state index contributed by atoms with van der Waals surface area (Å²) < 4.78 is 1.97. The van der Waals surface area contributed by atoms with Crippen LogP contribution in [-0.4, -0.2) is 19.6 Å². The van der Waals surface area contributed by atoms with Gasteiger partial charge in [-0.3, -0.25) is 4.98 Å². The van der Waals surface area contributed by atoms with Gasteiger partial charge in [0.15, 0.2) is 0 Å². The summed E-state index contributed by atoms with van der Waals surface area (Å²) in [6, 6.07) is 26.9. The number of rotatable bonds is 3. The van der Waals surface area contributed by atoms with E-state index in [-0.39, 0.29) is 5.75 Å². The highest BCUT2D eigenvalue weighted by atomic mass is 16.3. The highest BCUT2D eigenvalue weighted by molar-refractivity contribution is 5.95. The van der Waals surface area contributed by atoms with E-state index in [1.165, 1.54) is 0 Å². The van der Waals surface area contributed by atoms with E-state index in [1.54, 1.807) is 18.3 Å². The molecule has 0 fully saturated rings. The number of hydrogen-bond donors (Lipinski definition) is 1. The van der Waals surface area contributed by atoms with E-state index in [9.17, 15) is 10.4 Å². The summed E-state index contributed by atoms with van der Waals surface area (Å²) in [5.41, 5.74) is 6.49. The maximum absolute atomic E-state index is 10.3. The Balaban J connectivity index is 1.74. The lowest BCUT2D eigenvalue weighted by atomic mass is 9.97. The third-order valence-electron chi connectivity index (χ3n) is 5.39. The van der Waals surface area contributed by atoms with Crippen molar-refractivity contribution in [1.82, 2.24) is 14.5 Å². The summed E-state index contributed by atoms with van der Waals surface area (Å²) >= 11 is 0. The van der Waals surface area contributed by atoms with Crippen molar-refractivity contribution in [3.63, 3.8) is 0 Å². The maximum atomic E-state index is 10.3. The van der Waals surface area contributed by atoms with Crippen molar-refractivity contribution in [2.75, 3.05) is 0 Å². The zero-order chi connectivity index (χ0) is 21.4. The number of pyridine rings is 1. The molecule has 0 atom stereocenters. The number of aromatic nitrogens is 3. The van der Waals surface area contributed by atoms with E-state index >= 15 is 0 Å². The molecule has 0 bridgehead atoms. The number of phenols is 1. The van der Waals surface area contributed by atoms with Crippen LogP contribution < -0.4 is 0 Å². The molecular weight excluding hydrogens is 384 g/mol. The van der Waals surface area contributed by atoms with E-state index in [0.717, 1.165) is 33.4 Å². The van der Waals surface area contributed by atoms with Crippen LogP contribution in [0.4, 0.5) is 0 Å². The van der Waals surface area contributed by atoms with Crippen LogP contribution in [0.3, 0.4) is 0 Å². The molecule has 0 radical (unpaired) electrons. The van der Waals surface area contributed by atoms with Gasteiger partial charge in [0, 0.05) is 24.4 Å². The molecule has 5 rings (SSSR count). The minimum atomic E-state index is 0.186. The molecule has 5 aromatic rings. The lowest BCUT2D eigenvalue weighted by molar-refractivity contribution is 0.476. The molecule has 1 N–H and O–H groups in total. The van der Waals surface area contributed by atoms with E-state index in [4.69, 9.17) is 4.98 Å². The molecule has 0 amide bonds. The van der Waals surface area contributed by atoms with E-state index in [1.807, 2.05) is 78.3 Å². The number of nitriles is 1. The van der Waals surface area contributed by atoms with Crippen molar-refractivity contribution in [3.8, 4) is 45.6 Å². The smallest absolute Gasteiger partial charge is 0.144 e. The lowest BCUT2D eigenvalue weighted by Crippen LogP contribution is -1.92. The summed E-state index contributed by atoms with van der Waals surface area (Å²) in [4.78, 5) is 9.31. The van der Waals surface area contributed by atoms with Gasteiger partial charge in [0.1, 0.15) is 11.6 Å². The largest absolute Gasteiger partial charge is 0.507 e. The van der Waals surface area contributed by atoms with Crippen LogP contribution in [-0.2, 0) is 7.05 Å². The topological polar surface area (TPSA) is 74.7 Å². The Morgan fingerprint density at radius 2 is 1.65 bits per heavy atom. The first kappa shape index (κ1) is 18.6. The molecule has 5 nitrogen and oxygen atoms in total. The quantitative estimate of drug-likeness (QED) is 0.429. The van der Waals surface area contributed by atoms with Gasteiger partial charge in [-0.1, -0.05) is 30.3 Å². The molecule has 0 saturated heterocycles. The Bertz CT molecular complexity index is 1460. The van der Waals surface area contributed by atoms with Gasteiger partial charge in [-0.15, -0.1) is 0 Å². The van der Waals surface area contributed by atoms with Crippen molar-refractivity contribution in [3.05, 3.63) is 90.6 Å². The molecule has 0 aliphatic heterocycles. The summed E-state index contributed by atoms with van der Waals surface area (Å²) in [6.07, 6.45) is 1.74. The molecule has 3 aromatic carbocycles. The monoisotopic (exact) mass is 402 g/mol. The number of aryl methyl sites for hydroxylation is 1. The third-order valence-corrected chi connectivity index (χ3v) is 5.39. The van der Waals surface area contributed by atoms with Crippen LogP contribution in [0.5, 0.6) is 5.75 Å². The Morgan fingerprint density at radius 1 is 0.871 bits per heavy atom. The van der Waals surface area contributed by atoms with E-state index in [0.29, 0.717) is 17.0 Å². The molecule has 31 heavy (non-hydrogen) atoms. The molecule has 2 heterocycles. The molecule has 2 aromatic heterocycles. The molecule has 5 heteroatoms. The fraction of sp³-hybridized carbons (Fsp3) is 0.0385. The van der Waals surface area contributed by atoms with Crippen LogP contribution in [0.15, 0.2) is 85.1 Å². The number of para-hydroxylation sites is 2. The predicted molar refractivity (Wildman–Crippen MR) is 121 cm³/mol. The van der Waals surface area contributed by atoms with Crippen molar-refractivity contribution < 1.29 is 5.11 Å². The molecule has 148 valence electrons. The van der Waals surface area contributed by atoms with E-state index < -0.39 is 0 Å². The molecule has 0 aliphatic rings. The van der Waals surface area contributed by atoms with Crippen LogP contribution >= 0.6 is 0 Å². The van der Waals surface area contributed by atoms with Gasteiger partial charge in [-0.2, -0.15) is 5.26 Å². The minimum Gasteiger partial charge on any atom is -0.507 e. The number of benzene rings is 3. The van der Waals surface area contributed by atoms with Crippen LogP contribution in [0.1, 0.15) is 5.56 Å². The van der Waals surface area contributed by atoms with Crippen LogP contribution in [0.25, 0.3) is 44.8 Å². The Labute approximate surface area is 179 Å². The first-order chi connectivity index (χ1) is 15.2. The normalized spacial score (nSPS) is 10.8. The van der Waals surface area contributed by atoms with Crippen molar-refractivity contribution in [1.29, 1.82) is 5.26 Å². The van der Waals surface area contributed by atoms with Gasteiger partial charge in [0.2, 0.25) is 0 Å². The molecule has 0 unspecified atom stereocenters. The third kappa shape index (κ3) is 3.21. The number of hydrogen-bond acceptors (Lipinski definition) is 4. The zero-order valence-electron chi connectivity index (χ0n) is 16.8. The first-order valence-corrected chi connectivity index (χ1v) is 9.86. The van der Waals surface area contributed by atoms with Crippen molar-refractivity contribution >= 4 is 11.0 Å². The Kier molecular flexibility index (Phi) is 4.46. The lowest BCUT2D eigenvalue weighted by Gasteiger charge is -2.08. The van der Waals surface area contributed by atoms with Gasteiger partial charge in [-0.05, 0) is 54.1 Å². The minimum absolute atomic E-state index is 0.186. The molecule has 0 aliphatic carbocycles. The SMILES string of the molecule is Cn1c(-c2ccccc2O)nc2c(-c3cc(C#N)cc(-c4ccccn4)c3)cccc21. The number of imidazole rings is 1. The summed E-state index contributed by atoms with van der Waals surface area (Å²) in [6.45, 7) is 0. The second-order valence-corrected chi connectivity index (χ2v) is 7.31. The van der Waals surface area contributed by atoms with Crippen molar-refractivity contribution in [2.45, 2.75) is 0 Å². The van der Waals surface area contributed by atoms with Gasteiger partial charge in [-0.25, -0.2) is 4.98 Å². The fourth-order valence-corrected chi connectivity index (χ4v) is 3.88. The highest BCUT2D eigenvalue weighted by Gasteiger charge is 2.17. The number of phenolic OH excluding ortho intramolecular Hbond substituents is 1. The number of aromatic hydroxyl groups is 1. The summed E-state index contributed by atoms with van der Waals surface area (Å²) in [7, 11) is 1.94. The second kappa shape index (κ2) is 7.43. The van der Waals surface area contributed by atoms with Crippen LogP contribution in [0.2, 0.25) is 0 Å². The average Bonchev–Trinajstić information content (AvgIpc) is 3.16. The van der Waals surface area contributed by atoms with E-state index in [2.05, 4.69) is 11.1 Å². The molecular formula is C26H18N4O. The number of nitrogens with zero attached hydrogens (tertiary/aromatic N) is 4. The fourth-order valence-electron chi connectivity index (χ4n) is 3.88. The van der Waals surface area contributed by atoms with Gasteiger partial charge in [0.05, 0.1) is 33.9 Å². The average molecular weight is 402 g/mol. The summed E-state index contributed by atoms with van der Waals surface area (Å²) in [5.74, 6) is 0.869. The van der Waals surface area contributed by atoms with Gasteiger partial charge >= 0.3 is 0 Å². The maximum Gasteiger partial charge on any atom is 0.144 e. The second-order valence-electron chi connectivity index (χ2n) is 7.31. The van der Waals surface area contributed by atoms with Crippen molar-refractivity contribution in [2.24, 2.45) is 7.05 Å². The molecule has 0 saturated carbocycles. The first-order valence-electron chi connectivity index (χ1n) is 9.86. The van der Waals surface area contributed by atoms with Gasteiger partial charge in [0.25, 0.3) is 0 Å². The highest BCUT2D eigenvalue weighted by Crippen LogP contribution is 2.35. The predicted octanol–water partition coefficient (Wildman–Crippen LogP) is 5.55. The standard InChI is InChI=1S/C26H18N4O/c1-30-23-10-6-8-20(25(23)29-26(30)21-7-2-3-11-24(21)31)18-13-17(16-27)14-19(15-18)22-9-4-5-12-28-22/h2-15,31H,1H3. The zero-order valence-corrected chi connectivity index (χ0v) is 16.8. The summed E-state index contributed by atoms with van der Waals surface area (Å²) in [5, 5.41) is 19.9. The Morgan fingerprint density at radius 3 is 2.42 bits per heavy atom. The number of fused-ring (bicyclic) bond motifs is 1. The molecule has 0 spiro atoms. The Hall–Kier alpha value is -4.43. The van der Waals surface area contributed by atoms with Crippen LogP contribution in [0, 0.1) is 11.3 Å².